The zero-order valence-corrected chi connectivity index (χ0v) is 16.9. The highest BCUT2D eigenvalue weighted by molar-refractivity contribution is 9.10. The van der Waals surface area contributed by atoms with Gasteiger partial charge in [0, 0.05) is 18.9 Å². The molecule has 3 aromatic rings. The summed E-state index contributed by atoms with van der Waals surface area (Å²) in [6.45, 7) is 2.75. The number of benzene rings is 1. The Morgan fingerprint density at radius 2 is 2.03 bits per heavy atom. The number of hydrogen-bond donors (Lipinski definition) is 1. The molecule has 0 aliphatic carbocycles. The van der Waals surface area contributed by atoms with E-state index in [1.807, 2.05) is 13.1 Å². The Balaban J connectivity index is 1.56. The molecular formula is C18H17BrF3N5O2. The zero-order valence-electron chi connectivity index (χ0n) is 15.3. The third-order valence-corrected chi connectivity index (χ3v) is 4.59. The predicted octanol–water partition coefficient (Wildman–Crippen LogP) is 3.85. The van der Waals surface area contributed by atoms with Crippen LogP contribution < -0.4 is 10.1 Å². The van der Waals surface area contributed by atoms with Crippen molar-refractivity contribution < 1.29 is 22.7 Å². The third kappa shape index (κ3) is 5.37. The molecule has 0 bridgehead atoms. The molecule has 0 saturated heterocycles. The molecule has 0 aliphatic heterocycles. The second-order valence-electron chi connectivity index (χ2n) is 6.00. The van der Waals surface area contributed by atoms with Gasteiger partial charge in [-0.2, -0.15) is 23.4 Å². The molecule has 11 heteroatoms. The predicted molar refractivity (Wildman–Crippen MR) is 101 cm³/mol. The van der Waals surface area contributed by atoms with Crippen molar-refractivity contribution in [2.45, 2.75) is 32.9 Å². The highest BCUT2D eigenvalue weighted by Gasteiger charge is 2.30. The monoisotopic (exact) mass is 471 g/mol. The van der Waals surface area contributed by atoms with Gasteiger partial charge in [-0.3, -0.25) is 9.48 Å². The quantitative estimate of drug-likeness (QED) is 0.567. The molecule has 0 radical (unpaired) electrons. The van der Waals surface area contributed by atoms with E-state index in [1.165, 1.54) is 29.1 Å². The topological polar surface area (TPSA) is 74.0 Å². The summed E-state index contributed by atoms with van der Waals surface area (Å²) in [5.41, 5.74) is 0.0448. The first-order valence-corrected chi connectivity index (χ1v) is 9.39. The molecule has 1 amide bonds. The molecule has 0 aliphatic rings. The molecule has 3 rings (SSSR count). The fraction of sp³-hybridized carbons (Fsp3) is 0.278. The van der Waals surface area contributed by atoms with Crippen molar-refractivity contribution in [2.24, 2.45) is 0 Å². The van der Waals surface area contributed by atoms with Gasteiger partial charge in [0.15, 0.2) is 6.73 Å². The summed E-state index contributed by atoms with van der Waals surface area (Å²) in [5.74, 6) is -0.349. The Hall–Kier alpha value is -2.82. The van der Waals surface area contributed by atoms with Crippen molar-refractivity contribution in [3.05, 3.63) is 64.1 Å². The van der Waals surface area contributed by atoms with E-state index in [9.17, 15) is 18.0 Å². The average Bonchev–Trinajstić information content (AvgIpc) is 3.30. The van der Waals surface area contributed by atoms with Gasteiger partial charge >= 0.3 is 6.18 Å². The number of nitrogens with zero attached hydrogens (tertiary/aromatic N) is 4. The molecule has 0 spiro atoms. The normalized spacial score (nSPS) is 11.5. The number of ether oxygens (including phenoxy) is 1. The number of hydrogen-bond acceptors (Lipinski definition) is 4. The molecule has 7 nitrogen and oxygen atoms in total. The average molecular weight is 472 g/mol. The number of aromatic nitrogens is 4. The van der Waals surface area contributed by atoms with E-state index in [1.54, 1.807) is 4.68 Å². The van der Waals surface area contributed by atoms with E-state index < -0.39 is 17.6 Å². The van der Waals surface area contributed by atoms with Gasteiger partial charge in [0.1, 0.15) is 11.4 Å². The van der Waals surface area contributed by atoms with Crippen molar-refractivity contribution in [2.75, 3.05) is 0 Å². The van der Waals surface area contributed by atoms with Crippen LogP contribution in [0.2, 0.25) is 0 Å². The fourth-order valence-electron chi connectivity index (χ4n) is 2.43. The van der Waals surface area contributed by atoms with Crippen LogP contribution in [0.25, 0.3) is 0 Å². The first-order valence-electron chi connectivity index (χ1n) is 8.60. The van der Waals surface area contributed by atoms with Gasteiger partial charge in [0.05, 0.1) is 22.3 Å². The summed E-state index contributed by atoms with van der Waals surface area (Å²) in [6, 6.07) is 6.04. The Morgan fingerprint density at radius 1 is 1.24 bits per heavy atom. The standard InChI is InChI=1S/C18H17BrF3N5O2/c1-2-26-10-14(19)16(25-26)9-23-17(28)15-6-7-27(24-15)11-29-13-5-3-4-12(8-13)18(20,21)22/h3-8,10H,2,9,11H2,1H3,(H,23,28). The van der Waals surface area contributed by atoms with E-state index in [4.69, 9.17) is 4.74 Å². The molecule has 2 heterocycles. The summed E-state index contributed by atoms with van der Waals surface area (Å²) >= 11 is 3.39. The number of rotatable bonds is 7. The van der Waals surface area contributed by atoms with Crippen LogP contribution >= 0.6 is 15.9 Å². The Bertz CT molecular complexity index is 1000. The van der Waals surface area contributed by atoms with Crippen LogP contribution in [0, 0.1) is 0 Å². The minimum absolute atomic E-state index is 0.0534. The van der Waals surface area contributed by atoms with Gasteiger partial charge in [0.25, 0.3) is 5.91 Å². The minimum atomic E-state index is -4.45. The number of amides is 1. The third-order valence-electron chi connectivity index (χ3n) is 3.93. The van der Waals surface area contributed by atoms with Crippen LogP contribution in [0.5, 0.6) is 5.75 Å². The van der Waals surface area contributed by atoms with Gasteiger partial charge in [-0.15, -0.1) is 0 Å². The smallest absolute Gasteiger partial charge is 0.416 e. The van der Waals surface area contributed by atoms with E-state index in [-0.39, 0.29) is 24.7 Å². The molecule has 0 saturated carbocycles. The van der Waals surface area contributed by atoms with Crippen molar-refractivity contribution in [1.29, 1.82) is 0 Å². The number of carbonyl (C=O) groups is 1. The number of carbonyl (C=O) groups excluding carboxylic acids is 1. The second-order valence-corrected chi connectivity index (χ2v) is 6.86. The maximum atomic E-state index is 12.7. The van der Waals surface area contributed by atoms with Gasteiger partial charge in [-0.1, -0.05) is 6.07 Å². The number of nitrogens with one attached hydrogen (secondary N) is 1. The molecule has 2 aromatic heterocycles. The van der Waals surface area contributed by atoms with Crippen molar-refractivity contribution >= 4 is 21.8 Å². The first-order chi connectivity index (χ1) is 13.8. The molecule has 0 unspecified atom stereocenters. The van der Waals surface area contributed by atoms with Crippen LogP contribution in [0.4, 0.5) is 13.2 Å². The van der Waals surface area contributed by atoms with Crippen molar-refractivity contribution in [1.82, 2.24) is 24.9 Å². The molecule has 154 valence electrons. The van der Waals surface area contributed by atoms with Gasteiger partial charge in [-0.25, -0.2) is 4.68 Å². The van der Waals surface area contributed by atoms with E-state index >= 15 is 0 Å². The maximum Gasteiger partial charge on any atom is 0.416 e. The van der Waals surface area contributed by atoms with Gasteiger partial charge in [0.2, 0.25) is 0 Å². The number of aryl methyl sites for hydroxylation is 1. The minimum Gasteiger partial charge on any atom is -0.471 e. The fourth-order valence-corrected chi connectivity index (χ4v) is 2.89. The molecular weight excluding hydrogens is 455 g/mol. The van der Waals surface area contributed by atoms with Gasteiger partial charge in [-0.05, 0) is 47.1 Å². The van der Waals surface area contributed by atoms with E-state index in [0.29, 0.717) is 12.2 Å². The molecule has 0 atom stereocenters. The lowest BCUT2D eigenvalue weighted by atomic mass is 10.2. The SMILES string of the molecule is CCn1cc(Br)c(CNC(=O)c2ccn(COc3cccc(C(F)(F)F)c3)n2)n1. The Morgan fingerprint density at radius 3 is 2.72 bits per heavy atom. The van der Waals surface area contributed by atoms with E-state index in [0.717, 1.165) is 16.6 Å². The van der Waals surface area contributed by atoms with E-state index in [2.05, 4.69) is 31.4 Å². The van der Waals surface area contributed by atoms with Crippen LogP contribution in [0.15, 0.2) is 47.2 Å². The summed E-state index contributed by atoms with van der Waals surface area (Å²) in [4.78, 5) is 12.2. The van der Waals surface area contributed by atoms with Crippen LogP contribution in [0.3, 0.4) is 0 Å². The summed E-state index contributed by atoms with van der Waals surface area (Å²) in [5, 5.41) is 11.1. The lowest BCUT2D eigenvalue weighted by Gasteiger charge is -2.10. The number of alkyl halides is 3. The highest BCUT2D eigenvalue weighted by atomic mass is 79.9. The lowest BCUT2D eigenvalue weighted by Crippen LogP contribution is -2.24. The molecule has 29 heavy (non-hydrogen) atoms. The second kappa shape index (κ2) is 8.68. The summed E-state index contributed by atoms with van der Waals surface area (Å²) < 4.78 is 47.4. The lowest BCUT2D eigenvalue weighted by molar-refractivity contribution is -0.137. The number of halogens is 4. The molecule has 1 aromatic carbocycles. The molecule has 0 fully saturated rings. The van der Waals surface area contributed by atoms with Crippen molar-refractivity contribution in [3.8, 4) is 5.75 Å². The maximum absolute atomic E-state index is 12.7. The Kier molecular flexibility index (Phi) is 6.26. The van der Waals surface area contributed by atoms with Crippen LogP contribution in [0.1, 0.15) is 28.7 Å². The largest absolute Gasteiger partial charge is 0.471 e. The van der Waals surface area contributed by atoms with Crippen LogP contribution in [-0.4, -0.2) is 25.5 Å². The highest BCUT2D eigenvalue weighted by Crippen LogP contribution is 2.31. The first kappa shape index (κ1) is 20.9. The Labute approximate surface area is 172 Å². The zero-order chi connectivity index (χ0) is 21.0. The molecule has 1 N–H and O–H groups in total. The van der Waals surface area contributed by atoms with Crippen molar-refractivity contribution in [3.63, 3.8) is 0 Å². The van der Waals surface area contributed by atoms with Crippen LogP contribution in [-0.2, 0) is 26.0 Å². The summed E-state index contributed by atoms with van der Waals surface area (Å²) in [7, 11) is 0. The van der Waals surface area contributed by atoms with Gasteiger partial charge < -0.3 is 10.1 Å². The summed E-state index contributed by atoms with van der Waals surface area (Å²) in [6.07, 6.45) is -1.12.